The van der Waals surface area contributed by atoms with Crippen LogP contribution in [0.3, 0.4) is 0 Å². The van der Waals surface area contributed by atoms with Crippen molar-refractivity contribution in [2.75, 3.05) is 5.32 Å². The van der Waals surface area contributed by atoms with Crippen molar-refractivity contribution in [1.29, 1.82) is 0 Å². The number of fused-ring (bicyclic) bond motifs is 1. The molecule has 2 aromatic heterocycles. The number of thioether (sulfide) groups is 1. The second-order valence-electron chi connectivity index (χ2n) is 6.83. The molecule has 0 fully saturated rings. The maximum Gasteiger partial charge on any atom is 0.255 e. The van der Waals surface area contributed by atoms with Crippen LogP contribution in [0.15, 0.2) is 59.8 Å². The van der Waals surface area contributed by atoms with Crippen LogP contribution in [0, 0.1) is 13.8 Å². The molecule has 0 bridgehead atoms. The molecule has 29 heavy (non-hydrogen) atoms. The van der Waals surface area contributed by atoms with Gasteiger partial charge in [-0.1, -0.05) is 30.0 Å². The van der Waals surface area contributed by atoms with E-state index in [2.05, 4.69) is 19.9 Å². The Hall–Kier alpha value is -3.19. The first-order chi connectivity index (χ1) is 14.0. The summed E-state index contributed by atoms with van der Waals surface area (Å²) in [5, 5.41) is 3.69. The minimum Gasteiger partial charge on any atom is -0.330 e. The quantitative estimate of drug-likeness (QED) is 0.392. The Kier molecular flexibility index (Phi) is 5.31. The predicted molar refractivity (Wildman–Crippen MR) is 116 cm³/mol. The normalized spacial score (nSPS) is 11.0. The van der Waals surface area contributed by atoms with Gasteiger partial charge in [-0.15, -0.1) is 0 Å². The number of amides is 1. The summed E-state index contributed by atoms with van der Waals surface area (Å²) in [4.78, 5) is 26.1. The molecule has 0 radical (unpaired) electrons. The number of benzene rings is 2. The zero-order chi connectivity index (χ0) is 20.4. The van der Waals surface area contributed by atoms with Gasteiger partial charge >= 0.3 is 0 Å². The fourth-order valence-corrected chi connectivity index (χ4v) is 4.07. The number of carbonyl (C=O) groups excluding carboxylic acids is 1. The lowest BCUT2D eigenvalue weighted by Gasteiger charge is -2.05. The summed E-state index contributed by atoms with van der Waals surface area (Å²) in [6.45, 7) is 3.94. The Labute approximate surface area is 173 Å². The van der Waals surface area contributed by atoms with Gasteiger partial charge in [-0.3, -0.25) is 4.79 Å². The highest BCUT2D eigenvalue weighted by molar-refractivity contribution is 7.98. The molecule has 1 amide bonds. The van der Waals surface area contributed by atoms with Gasteiger partial charge in [0.1, 0.15) is 5.82 Å². The van der Waals surface area contributed by atoms with E-state index in [9.17, 15) is 4.79 Å². The monoisotopic (exact) mass is 403 g/mol. The number of imidazole rings is 1. The number of hydrogen-bond acceptors (Lipinski definition) is 5. The summed E-state index contributed by atoms with van der Waals surface area (Å²) in [6, 6.07) is 16.9. The van der Waals surface area contributed by atoms with Crippen molar-refractivity contribution in [2.45, 2.75) is 24.8 Å². The van der Waals surface area contributed by atoms with Crippen molar-refractivity contribution in [3.8, 4) is 0 Å². The number of nitrogens with one attached hydrogen (secondary N) is 1. The van der Waals surface area contributed by atoms with Gasteiger partial charge in [-0.25, -0.2) is 15.0 Å². The van der Waals surface area contributed by atoms with Crippen LogP contribution in [0.4, 0.5) is 5.69 Å². The first-order valence-electron chi connectivity index (χ1n) is 9.26. The van der Waals surface area contributed by atoms with Crippen LogP contribution in [0.25, 0.3) is 11.0 Å². The average molecular weight is 404 g/mol. The summed E-state index contributed by atoms with van der Waals surface area (Å²) in [7, 11) is 2.00. The molecule has 146 valence electrons. The molecule has 0 spiro atoms. The van der Waals surface area contributed by atoms with Crippen LogP contribution in [-0.2, 0) is 12.8 Å². The molecule has 0 saturated carbocycles. The summed E-state index contributed by atoms with van der Waals surface area (Å²) < 4.78 is 2.06. The van der Waals surface area contributed by atoms with Crippen molar-refractivity contribution in [3.63, 3.8) is 0 Å². The van der Waals surface area contributed by atoms with E-state index in [-0.39, 0.29) is 5.91 Å². The van der Waals surface area contributed by atoms with Crippen LogP contribution in [0.5, 0.6) is 0 Å². The minimum atomic E-state index is -0.136. The van der Waals surface area contributed by atoms with Crippen molar-refractivity contribution >= 4 is 34.4 Å². The zero-order valence-electron chi connectivity index (χ0n) is 16.5. The van der Waals surface area contributed by atoms with E-state index in [0.717, 1.165) is 39.1 Å². The SMILES string of the molecule is Cc1cc(C)nc(SCc2nc3cc(NC(=O)c4ccccc4)ccc3n2C)n1. The molecular weight excluding hydrogens is 382 g/mol. The van der Waals surface area contributed by atoms with E-state index >= 15 is 0 Å². The standard InChI is InChI=1S/C22H21N5OS/c1-14-11-15(2)24-22(23-14)29-13-20-26-18-12-17(9-10-19(18)27(20)3)25-21(28)16-7-5-4-6-8-16/h4-12H,13H2,1-3H3,(H,25,28). The van der Waals surface area contributed by atoms with E-state index in [1.54, 1.807) is 23.9 Å². The van der Waals surface area contributed by atoms with E-state index < -0.39 is 0 Å². The largest absolute Gasteiger partial charge is 0.330 e. The summed E-state index contributed by atoms with van der Waals surface area (Å²) in [5.41, 5.74) is 5.13. The van der Waals surface area contributed by atoms with E-state index in [4.69, 9.17) is 4.98 Å². The van der Waals surface area contributed by atoms with E-state index in [0.29, 0.717) is 11.3 Å². The topological polar surface area (TPSA) is 72.7 Å². The maximum atomic E-state index is 12.4. The number of hydrogen-bond donors (Lipinski definition) is 1. The third-order valence-corrected chi connectivity index (χ3v) is 5.40. The first kappa shape index (κ1) is 19.1. The second-order valence-corrected chi connectivity index (χ2v) is 7.78. The van der Waals surface area contributed by atoms with Crippen LogP contribution in [0.1, 0.15) is 27.6 Å². The number of carbonyl (C=O) groups is 1. The number of anilines is 1. The molecule has 1 N–H and O–H groups in total. The lowest BCUT2D eigenvalue weighted by atomic mass is 10.2. The Bertz CT molecular complexity index is 1170. The first-order valence-corrected chi connectivity index (χ1v) is 10.2. The third-order valence-electron chi connectivity index (χ3n) is 4.56. The Balaban J connectivity index is 1.53. The van der Waals surface area contributed by atoms with Crippen molar-refractivity contribution in [1.82, 2.24) is 19.5 Å². The second kappa shape index (κ2) is 8.05. The molecular formula is C22H21N5OS. The van der Waals surface area contributed by atoms with Gasteiger partial charge in [0.2, 0.25) is 0 Å². The van der Waals surface area contributed by atoms with Crippen LogP contribution in [0.2, 0.25) is 0 Å². The fourth-order valence-electron chi connectivity index (χ4n) is 3.14. The lowest BCUT2D eigenvalue weighted by molar-refractivity contribution is 0.102. The molecule has 4 aromatic rings. The van der Waals surface area contributed by atoms with Gasteiger partial charge in [0.25, 0.3) is 5.91 Å². The van der Waals surface area contributed by atoms with Crippen molar-refractivity contribution in [3.05, 3.63) is 77.4 Å². The van der Waals surface area contributed by atoms with Gasteiger partial charge in [0.15, 0.2) is 5.16 Å². The molecule has 2 aromatic carbocycles. The predicted octanol–water partition coefficient (Wildman–Crippen LogP) is 4.52. The van der Waals surface area contributed by atoms with E-state index in [1.807, 2.05) is 63.4 Å². The summed E-state index contributed by atoms with van der Waals surface area (Å²) >= 11 is 1.57. The minimum absolute atomic E-state index is 0.136. The summed E-state index contributed by atoms with van der Waals surface area (Å²) in [5.74, 6) is 1.46. The molecule has 0 aliphatic rings. The fraction of sp³-hybridized carbons (Fsp3) is 0.182. The Morgan fingerprint density at radius 2 is 1.72 bits per heavy atom. The molecule has 0 unspecified atom stereocenters. The van der Waals surface area contributed by atoms with Crippen LogP contribution >= 0.6 is 11.8 Å². The van der Waals surface area contributed by atoms with Crippen LogP contribution in [-0.4, -0.2) is 25.4 Å². The molecule has 0 aliphatic carbocycles. The Morgan fingerprint density at radius 3 is 2.45 bits per heavy atom. The molecule has 7 heteroatoms. The third kappa shape index (κ3) is 4.30. The number of aryl methyl sites for hydroxylation is 3. The number of rotatable bonds is 5. The van der Waals surface area contributed by atoms with Gasteiger partial charge in [-0.2, -0.15) is 0 Å². The molecule has 6 nitrogen and oxygen atoms in total. The maximum absolute atomic E-state index is 12.4. The Morgan fingerprint density at radius 1 is 1.00 bits per heavy atom. The van der Waals surface area contributed by atoms with Crippen LogP contribution < -0.4 is 5.32 Å². The zero-order valence-corrected chi connectivity index (χ0v) is 17.3. The molecule has 0 aliphatic heterocycles. The van der Waals surface area contributed by atoms with Gasteiger partial charge in [0.05, 0.1) is 16.8 Å². The molecule has 0 atom stereocenters. The highest BCUT2D eigenvalue weighted by atomic mass is 32.2. The highest BCUT2D eigenvalue weighted by Crippen LogP contribution is 2.24. The van der Waals surface area contributed by atoms with Gasteiger partial charge in [0, 0.05) is 29.7 Å². The molecule has 2 heterocycles. The van der Waals surface area contributed by atoms with Gasteiger partial charge < -0.3 is 9.88 Å². The lowest BCUT2D eigenvalue weighted by Crippen LogP contribution is -2.11. The summed E-state index contributed by atoms with van der Waals surface area (Å²) in [6.07, 6.45) is 0. The number of nitrogens with zero attached hydrogens (tertiary/aromatic N) is 4. The van der Waals surface area contributed by atoms with Crippen molar-refractivity contribution < 1.29 is 4.79 Å². The van der Waals surface area contributed by atoms with Gasteiger partial charge in [-0.05, 0) is 50.2 Å². The average Bonchev–Trinajstić information content (AvgIpc) is 3.01. The number of aromatic nitrogens is 4. The smallest absolute Gasteiger partial charge is 0.255 e. The highest BCUT2D eigenvalue weighted by Gasteiger charge is 2.12. The molecule has 4 rings (SSSR count). The van der Waals surface area contributed by atoms with Crippen molar-refractivity contribution in [2.24, 2.45) is 7.05 Å². The molecule has 0 saturated heterocycles. The van der Waals surface area contributed by atoms with E-state index in [1.165, 1.54) is 0 Å².